The molecule has 8 nitrogen and oxygen atoms in total. The monoisotopic (exact) mass is 377 g/mol. The minimum Gasteiger partial charge on any atom is -0.493 e. The van der Waals surface area contributed by atoms with Gasteiger partial charge in [-0.25, -0.2) is 0 Å². The number of carbonyl (C=O) groups excluding carboxylic acids is 1. The number of hydrogen-bond donors (Lipinski definition) is 1. The van der Waals surface area contributed by atoms with Crippen molar-refractivity contribution in [2.75, 3.05) is 27.9 Å². The van der Waals surface area contributed by atoms with Crippen molar-refractivity contribution in [3.63, 3.8) is 0 Å². The lowest BCUT2D eigenvalue weighted by Crippen LogP contribution is -2.29. The number of aromatic nitrogens is 2. The molecule has 0 aliphatic heterocycles. The van der Waals surface area contributed by atoms with Crippen LogP contribution in [0.5, 0.6) is 17.2 Å². The summed E-state index contributed by atoms with van der Waals surface area (Å²) in [7, 11) is 4.63. The predicted molar refractivity (Wildman–Crippen MR) is 100 cm³/mol. The summed E-state index contributed by atoms with van der Waals surface area (Å²) in [6.45, 7) is 6.50. The minimum absolute atomic E-state index is 0.00636. The van der Waals surface area contributed by atoms with Crippen LogP contribution >= 0.6 is 0 Å². The average Bonchev–Trinajstić information content (AvgIpc) is 3.07. The maximum Gasteiger partial charge on any atom is 0.228 e. The predicted octanol–water partition coefficient (Wildman–Crippen LogP) is 2.86. The van der Waals surface area contributed by atoms with Crippen LogP contribution in [0.2, 0.25) is 0 Å². The maximum absolute atomic E-state index is 11.9. The third-order valence-corrected chi connectivity index (χ3v) is 3.74. The van der Waals surface area contributed by atoms with Gasteiger partial charge in [-0.3, -0.25) is 4.79 Å². The Morgan fingerprint density at radius 1 is 1.11 bits per heavy atom. The molecule has 0 radical (unpaired) electrons. The molecule has 1 heterocycles. The zero-order valence-electron chi connectivity index (χ0n) is 16.7. The van der Waals surface area contributed by atoms with Gasteiger partial charge in [0, 0.05) is 24.9 Å². The fourth-order valence-corrected chi connectivity index (χ4v) is 2.54. The molecule has 2 rings (SSSR count). The normalized spacial score (nSPS) is 11.2. The molecule has 0 aliphatic rings. The van der Waals surface area contributed by atoms with Crippen molar-refractivity contribution in [3.8, 4) is 28.6 Å². The van der Waals surface area contributed by atoms with Gasteiger partial charge < -0.3 is 24.1 Å². The Balaban J connectivity index is 2.06. The highest BCUT2D eigenvalue weighted by Gasteiger charge is 2.18. The first-order valence-corrected chi connectivity index (χ1v) is 8.67. The smallest absolute Gasteiger partial charge is 0.228 e. The lowest BCUT2D eigenvalue weighted by molar-refractivity contribution is -0.122. The molecular formula is C19H27N3O5. The molecule has 2 aromatic rings. The molecule has 0 aliphatic carbocycles. The van der Waals surface area contributed by atoms with Gasteiger partial charge >= 0.3 is 0 Å². The summed E-state index contributed by atoms with van der Waals surface area (Å²) >= 11 is 0. The van der Waals surface area contributed by atoms with Gasteiger partial charge in [0.2, 0.25) is 23.4 Å². The van der Waals surface area contributed by atoms with Crippen molar-refractivity contribution in [1.29, 1.82) is 0 Å². The molecule has 1 aromatic heterocycles. The number of rotatable bonds is 8. The van der Waals surface area contributed by atoms with Crippen molar-refractivity contribution in [2.45, 2.75) is 33.6 Å². The van der Waals surface area contributed by atoms with Crippen LogP contribution in [0.4, 0.5) is 0 Å². The molecule has 1 N–H and O–H groups in total. The largest absolute Gasteiger partial charge is 0.493 e. The van der Waals surface area contributed by atoms with Crippen LogP contribution in [0.1, 0.15) is 33.1 Å². The van der Waals surface area contributed by atoms with Crippen molar-refractivity contribution >= 4 is 5.91 Å². The third-order valence-electron chi connectivity index (χ3n) is 3.74. The summed E-state index contributed by atoms with van der Waals surface area (Å²) in [5.74, 6) is 2.36. The average molecular weight is 377 g/mol. The van der Waals surface area contributed by atoms with Crippen LogP contribution in [-0.4, -0.2) is 43.9 Å². The molecular weight excluding hydrogens is 350 g/mol. The van der Waals surface area contributed by atoms with Gasteiger partial charge in [-0.05, 0) is 17.5 Å². The van der Waals surface area contributed by atoms with Crippen LogP contribution in [0.15, 0.2) is 16.7 Å². The van der Waals surface area contributed by atoms with E-state index in [1.807, 2.05) is 20.8 Å². The van der Waals surface area contributed by atoms with E-state index in [0.29, 0.717) is 53.9 Å². The molecule has 8 heteroatoms. The molecule has 0 saturated heterocycles. The molecule has 0 unspecified atom stereocenters. The zero-order valence-corrected chi connectivity index (χ0v) is 16.7. The lowest BCUT2D eigenvalue weighted by atomic mass is 9.92. The summed E-state index contributed by atoms with van der Waals surface area (Å²) in [4.78, 5) is 16.2. The fraction of sp³-hybridized carbons (Fsp3) is 0.526. The highest BCUT2D eigenvalue weighted by Crippen LogP contribution is 2.40. The summed E-state index contributed by atoms with van der Waals surface area (Å²) in [5.41, 5.74) is 0.630. The first-order chi connectivity index (χ1) is 12.8. The van der Waals surface area contributed by atoms with Gasteiger partial charge in [0.15, 0.2) is 11.5 Å². The number of amides is 1. The van der Waals surface area contributed by atoms with Crippen molar-refractivity contribution in [1.82, 2.24) is 15.5 Å². The number of methoxy groups -OCH3 is 3. The van der Waals surface area contributed by atoms with Crippen LogP contribution < -0.4 is 19.5 Å². The summed E-state index contributed by atoms with van der Waals surface area (Å²) in [6.07, 6.45) is 0.917. The van der Waals surface area contributed by atoms with E-state index in [-0.39, 0.29) is 11.3 Å². The van der Waals surface area contributed by atoms with Crippen molar-refractivity contribution in [2.24, 2.45) is 5.41 Å². The zero-order chi connectivity index (χ0) is 20.0. The molecule has 0 bridgehead atoms. The first kappa shape index (κ1) is 20.5. The molecule has 0 fully saturated rings. The van der Waals surface area contributed by atoms with Gasteiger partial charge in [0.1, 0.15) is 0 Å². The Labute approximate surface area is 159 Å². The van der Waals surface area contributed by atoms with E-state index in [4.69, 9.17) is 18.7 Å². The van der Waals surface area contributed by atoms with E-state index >= 15 is 0 Å². The fourth-order valence-electron chi connectivity index (χ4n) is 2.54. The van der Waals surface area contributed by atoms with Crippen LogP contribution in [-0.2, 0) is 11.2 Å². The van der Waals surface area contributed by atoms with Crippen LogP contribution in [0, 0.1) is 5.41 Å². The van der Waals surface area contributed by atoms with Gasteiger partial charge in [-0.2, -0.15) is 4.98 Å². The van der Waals surface area contributed by atoms with Crippen molar-refractivity contribution < 1.29 is 23.5 Å². The Morgan fingerprint density at radius 3 is 2.26 bits per heavy atom. The summed E-state index contributed by atoms with van der Waals surface area (Å²) in [5, 5.41) is 6.86. The number of carbonyl (C=O) groups is 1. The van der Waals surface area contributed by atoms with E-state index in [0.717, 1.165) is 0 Å². The van der Waals surface area contributed by atoms with Gasteiger partial charge in [-0.1, -0.05) is 25.9 Å². The lowest BCUT2D eigenvalue weighted by Gasteiger charge is -2.16. The Morgan fingerprint density at radius 2 is 1.74 bits per heavy atom. The molecule has 1 amide bonds. The topological polar surface area (TPSA) is 95.7 Å². The number of benzene rings is 1. The first-order valence-electron chi connectivity index (χ1n) is 8.67. The van der Waals surface area contributed by atoms with Crippen LogP contribution in [0.25, 0.3) is 11.4 Å². The number of hydrogen-bond acceptors (Lipinski definition) is 7. The molecule has 0 saturated carbocycles. The van der Waals surface area contributed by atoms with Gasteiger partial charge in [-0.15, -0.1) is 0 Å². The number of nitrogens with zero attached hydrogens (tertiary/aromatic N) is 2. The Kier molecular flexibility index (Phi) is 6.65. The molecule has 0 spiro atoms. The number of nitrogens with one attached hydrogen (secondary N) is 1. The highest BCUT2D eigenvalue weighted by molar-refractivity contribution is 5.76. The number of ether oxygens (including phenoxy) is 3. The third kappa shape index (κ3) is 5.60. The molecule has 1 aromatic carbocycles. The second-order valence-corrected chi connectivity index (χ2v) is 7.26. The van der Waals surface area contributed by atoms with Crippen LogP contribution in [0.3, 0.4) is 0 Å². The van der Waals surface area contributed by atoms with E-state index < -0.39 is 0 Å². The SMILES string of the molecule is COc1cc(-c2noc(CCNC(=O)CC(C)(C)C)n2)cc(OC)c1OC. The minimum atomic E-state index is -0.0474. The Bertz CT molecular complexity index is 755. The standard InChI is InChI=1S/C19H27N3O5/c1-19(2,3)11-15(23)20-8-7-16-21-18(22-27-16)12-9-13(24-4)17(26-6)14(10-12)25-5/h9-10H,7-8,11H2,1-6H3,(H,20,23). The van der Waals surface area contributed by atoms with E-state index in [2.05, 4.69) is 15.5 Å². The second-order valence-electron chi connectivity index (χ2n) is 7.26. The van der Waals surface area contributed by atoms with E-state index in [9.17, 15) is 4.79 Å². The summed E-state index contributed by atoms with van der Waals surface area (Å²) in [6, 6.07) is 3.50. The van der Waals surface area contributed by atoms with E-state index in [1.165, 1.54) is 0 Å². The second kappa shape index (κ2) is 8.75. The van der Waals surface area contributed by atoms with Gasteiger partial charge in [0.05, 0.1) is 21.3 Å². The molecule has 148 valence electrons. The van der Waals surface area contributed by atoms with Crippen molar-refractivity contribution in [3.05, 3.63) is 18.0 Å². The van der Waals surface area contributed by atoms with E-state index in [1.54, 1.807) is 33.5 Å². The Hall–Kier alpha value is -2.77. The maximum atomic E-state index is 11.9. The molecule has 0 atom stereocenters. The van der Waals surface area contributed by atoms with Gasteiger partial charge in [0.25, 0.3) is 0 Å². The summed E-state index contributed by atoms with van der Waals surface area (Å²) < 4.78 is 21.3. The quantitative estimate of drug-likeness (QED) is 0.755. The molecule has 27 heavy (non-hydrogen) atoms. The highest BCUT2D eigenvalue weighted by atomic mass is 16.5.